The Kier molecular flexibility index (Phi) is 14.1. The molecule has 1 aliphatic heterocycles. The predicted octanol–water partition coefficient (Wildman–Crippen LogP) is 6.00. The number of aromatic hydroxyl groups is 1. The van der Waals surface area contributed by atoms with Crippen LogP contribution in [-0.2, 0) is 20.9 Å². The van der Waals surface area contributed by atoms with Gasteiger partial charge in [0.2, 0.25) is 17.4 Å². The van der Waals surface area contributed by atoms with E-state index >= 15 is 0 Å². The lowest BCUT2D eigenvalue weighted by Crippen LogP contribution is -2.40. The zero-order valence-corrected chi connectivity index (χ0v) is 32.1. The summed E-state index contributed by atoms with van der Waals surface area (Å²) in [5.41, 5.74) is 4.71. The number of aliphatic hydroxyl groups excluding tert-OH is 1. The Bertz CT molecular complexity index is 2200. The van der Waals surface area contributed by atoms with E-state index in [4.69, 9.17) is 4.74 Å². The SMILES string of the molecule is CN(CCCC(=O)Nc1cccc(CNC[C@H](O)c2ccc(O)c3[nH]c(=O)ccc23)c1)C(=O)CCN1CCC(OC(=O)Nc2ccccc2-c2ccccc2)CC1. The number of piperidine rings is 1. The minimum atomic E-state index is -0.888. The van der Waals surface area contributed by atoms with E-state index in [0.29, 0.717) is 67.6 Å². The molecule has 2 heterocycles. The van der Waals surface area contributed by atoms with Crippen molar-refractivity contribution in [2.45, 2.75) is 50.9 Å². The first-order valence-electron chi connectivity index (χ1n) is 19.3. The zero-order valence-electron chi connectivity index (χ0n) is 32.1. The van der Waals surface area contributed by atoms with E-state index in [0.717, 1.165) is 29.8 Å². The second kappa shape index (κ2) is 19.7. The van der Waals surface area contributed by atoms with Crippen molar-refractivity contribution in [2.24, 2.45) is 0 Å². The van der Waals surface area contributed by atoms with Crippen molar-refractivity contribution < 1.29 is 29.3 Å². The molecule has 0 aliphatic carbocycles. The fourth-order valence-electron chi connectivity index (χ4n) is 7.04. The Morgan fingerprint density at radius 2 is 1.68 bits per heavy atom. The highest BCUT2D eigenvalue weighted by Gasteiger charge is 2.24. The van der Waals surface area contributed by atoms with Crippen LogP contribution in [0.3, 0.4) is 0 Å². The van der Waals surface area contributed by atoms with Crippen molar-refractivity contribution in [3.05, 3.63) is 125 Å². The highest BCUT2D eigenvalue weighted by Crippen LogP contribution is 2.29. The van der Waals surface area contributed by atoms with E-state index in [2.05, 4.69) is 25.8 Å². The summed E-state index contributed by atoms with van der Waals surface area (Å²) in [5, 5.41) is 30.6. The third kappa shape index (κ3) is 11.5. The number of likely N-dealkylation sites (tertiary alicyclic amines) is 1. The van der Waals surface area contributed by atoms with Crippen LogP contribution in [0, 0.1) is 0 Å². The van der Waals surface area contributed by atoms with Crippen molar-refractivity contribution in [3.63, 3.8) is 0 Å². The van der Waals surface area contributed by atoms with Crippen molar-refractivity contribution in [1.82, 2.24) is 20.1 Å². The Hall–Kier alpha value is -6.02. The minimum Gasteiger partial charge on any atom is -0.506 e. The Morgan fingerprint density at radius 1 is 0.912 bits per heavy atom. The Labute approximate surface area is 331 Å². The van der Waals surface area contributed by atoms with E-state index in [-0.39, 0.29) is 47.7 Å². The van der Waals surface area contributed by atoms with Crippen molar-refractivity contribution in [3.8, 4) is 16.9 Å². The lowest BCUT2D eigenvalue weighted by molar-refractivity contribution is -0.130. The molecule has 13 nitrogen and oxygen atoms in total. The van der Waals surface area contributed by atoms with E-state index < -0.39 is 12.2 Å². The van der Waals surface area contributed by atoms with Crippen LogP contribution in [0.15, 0.2) is 108 Å². The van der Waals surface area contributed by atoms with Crippen LogP contribution in [0.2, 0.25) is 0 Å². The van der Waals surface area contributed by atoms with Gasteiger partial charge in [-0.2, -0.15) is 0 Å². The largest absolute Gasteiger partial charge is 0.506 e. The van der Waals surface area contributed by atoms with Crippen LogP contribution in [0.4, 0.5) is 16.2 Å². The number of carbonyl (C=O) groups is 3. The smallest absolute Gasteiger partial charge is 0.411 e. The molecule has 5 aromatic rings. The molecule has 6 N–H and O–H groups in total. The first-order chi connectivity index (χ1) is 27.6. The maximum Gasteiger partial charge on any atom is 0.411 e. The number of aliphatic hydroxyl groups is 1. The number of pyridine rings is 1. The lowest BCUT2D eigenvalue weighted by atomic mass is 10.0. The van der Waals surface area contributed by atoms with E-state index in [1.54, 1.807) is 24.1 Å². The molecular weight excluding hydrogens is 725 g/mol. The van der Waals surface area contributed by atoms with Gasteiger partial charge >= 0.3 is 6.09 Å². The average Bonchev–Trinajstić information content (AvgIpc) is 3.21. The first kappa shape index (κ1) is 40.6. The number of carbonyl (C=O) groups excluding carboxylic acids is 3. The summed E-state index contributed by atoms with van der Waals surface area (Å²) >= 11 is 0. The Morgan fingerprint density at radius 3 is 2.49 bits per heavy atom. The number of hydrogen-bond acceptors (Lipinski definition) is 9. The number of benzene rings is 4. The Balaban J connectivity index is 0.847. The van der Waals surface area contributed by atoms with Crippen LogP contribution in [0.5, 0.6) is 5.75 Å². The van der Waals surface area contributed by atoms with E-state index in [9.17, 15) is 29.4 Å². The molecule has 57 heavy (non-hydrogen) atoms. The van der Waals surface area contributed by atoms with Gasteiger partial charge in [-0.05, 0) is 66.3 Å². The number of nitrogens with one attached hydrogen (secondary N) is 4. The lowest BCUT2D eigenvalue weighted by Gasteiger charge is -2.31. The average molecular weight is 775 g/mol. The quantitative estimate of drug-likeness (QED) is 0.0702. The molecule has 3 amide bonds. The molecule has 1 aromatic heterocycles. The second-order valence-corrected chi connectivity index (χ2v) is 14.3. The number of amides is 3. The summed E-state index contributed by atoms with van der Waals surface area (Å²) in [7, 11) is 1.76. The van der Waals surface area contributed by atoms with E-state index in [1.807, 2.05) is 78.9 Å². The van der Waals surface area contributed by atoms with Crippen LogP contribution in [0.25, 0.3) is 22.0 Å². The molecule has 1 saturated heterocycles. The van der Waals surface area contributed by atoms with Crippen LogP contribution < -0.4 is 21.5 Å². The van der Waals surface area contributed by atoms with Crippen molar-refractivity contribution >= 4 is 40.2 Å². The fraction of sp³-hybridized carbons (Fsp3) is 0.318. The third-order valence-electron chi connectivity index (χ3n) is 10.2. The summed E-state index contributed by atoms with van der Waals surface area (Å²) in [4.78, 5) is 56.6. The number of H-pyrrole nitrogens is 1. The summed E-state index contributed by atoms with van der Waals surface area (Å²) in [6.45, 7) is 3.21. The number of anilines is 2. The van der Waals surface area contributed by atoms with E-state index in [1.165, 1.54) is 12.1 Å². The van der Waals surface area contributed by atoms with Gasteiger partial charge in [0.25, 0.3) is 0 Å². The molecule has 13 heteroatoms. The number of rotatable bonds is 16. The molecule has 298 valence electrons. The molecule has 0 spiro atoms. The van der Waals surface area contributed by atoms with Gasteiger partial charge in [-0.1, -0.05) is 66.7 Å². The highest BCUT2D eigenvalue weighted by atomic mass is 16.6. The number of phenols is 1. The summed E-state index contributed by atoms with van der Waals surface area (Å²) in [5.74, 6) is -0.194. The molecule has 1 aliphatic rings. The number of aromatic amines is 1. The molecular formula is C44H50N6O7. The number of nitrogens with zero attached hydrogens (tertiary/aromatic N) is 2. The summed E-state index contributed by atoms with van der Waals surface area (Å²) < 4.78 is 5.75. The van der Waals surface area contributed by atoms with Crippen LogP contribution in [0.1, 0.15) is 49.3 Å². The molecule has 4 aromatic carbocycles. The third-order valence-corrected chi connectivity index (χ3v) is 10.2. The second-order valence-electron chi connectivity index (χ2n) is 14.3. The molecule has 1 atom stereocenters. The maximum absolute atomic E-state index is 12.9. The van der Waals surface area contributed by atoms with Crippen LogP contribution in [-0.4, -0.2) is 88.8 Å². The predicted molar refractivity (Wildman–Crippen MR) is 221 cm³/mol. The number of fused-ring (bicyclic) bond motifs is 1. The molecule has 1 fully saturated rings. The number of para-hydroxylation sites is 1. The normalized spacial score (nSPS) is 13.9. The monoisotopic (exact) mass is 774 g/mol. The number of hydrogen-bond donors (Lipinski definition) is 6. The molecule has 0 bridgehead atoms. The standard InChI is InChI=1S/C44H50N6O7/c1-49(42(55)22-26-50-24-20-33(21-25-50)57-44(56)47-37-14-6-5-13-34(37)31-10-3-2-4-11-31)23-8-15-40(53)46-32-12-7-9-30(27-32)28-45-29-39(52)35-16-18-38(51)43-36(35)17-19-41(54)48-43/h2-7,9-14,16-19,27,33,39,45,51-52H,8,15,20-26,28-29H2,1H3,(H,46,53)(H,47,56)(H,48,54)/t39-/m0/s1. The van der Waals surface area contributed by atoms with Gasteiger partial charge in [-0.15, -0.1) is 0 Å². The minimum absolute atomic E-state index is 0.0177. The van der Waals surface area contributed by atoms with Gasteiger partial charge in [0.05, 0.1) is 17.3 Å². The van der Waals surface area contributed by atoms with Crippen LogP contribution >= 0.6 is 0 Å². The highest BCUT2D eigenvalue weighted by molar-refractivity contribution is 5.92. The fourth-order valence-corrected chi connectivity index (χ4v) is 7.04. The molecule has 0 radical (unpaired) electrons. The zero-order chi connectivity index (χ0) is 40.1. The molecule has 6 rings (SSSR count). The van der Waals surface area contributed by atoms with Gasteiger partial charge < -0.3 is 40.4 Å². The summed E-state index contributed by atoms with van der Waals surface area (Å²) in [6, 6.07) is 31.0. The first-order valence-corrected chi connectivity index (χ1v) is 19.3. The van der Waals surface area contributed by atoms with Crippen molar-refractivity contribution in [1.29, 1.82) is 0 Å². The number of aromatic nitrogens is 1. The maximum atomic E-state index is 12.9. The van der Waals surface area contributed by atoms with Gasteiger partial charge in [0, 0.05) is 81.9 Å². The molecule has 0 saturated carbocycles. The summed E-state index contributed by atoms with van der Waals surface area (Å²) in [6.07, 6.45) is 0.988. The molecule has 0 unspecified atom stereocenters. The van der Waals surface area contributed by atoms with Crippen molar-refractivity contribution in [2.75, 3.05) is 50.4 Å². The van der Waals surface area contributed by atoms with Gasteiger partial charge in [-0.25, -0.2) is 4.79 Å². The van der Waals surface area contributed by atoms with Gasteiger partial charge in [-0.3, -0.25) is 19.7 Å². The topological polar surface area (TPSA) is 176 Å². The number of phenolic OH excluding ortho intramolecular Hbond substituents is 1. The van der Waals surface area contributed by atoms with Gasteiger partial charge in [0.15, 0.2) is 0 Å². The van der Waals surface area contributed by atoms with Gasteiger partial charge in [0.1, 0.15) is 11.9 Å². The number of ether oxygens (including phenoxy) is 1.